The van der Waals surface area contributed by atoms with E-state index in [4.69, 9.17) is 10.5 Å². The molecule has 2 unspecified atom stereocenters. The fraction of sp³-hybridized carbons (Fsp3) is 0.529. The number of nitrogens with zero attached hydrogens (tertiary/aromatic N) is 1. The number of carbonyl (C=O) groups is 2. The van der Waals surface area contributed by atoms with E-state index in [0.29, 0.717) is 38.1 Å². The smallest absolute Gasteiger partial charge is 0.305 e. The minimum Gasteiger partial charge on any atom is -0.466 e. The van der Waals surface area contributed by atoms with Crippen molar-refractivity contribution in [3.63, 3.8) is 0 Å². The van der Waals surface area contributed by atoms with Crippen molar-refractivity contribution in [3.8, 4) is 0 Å². The second-order valence-corrected chi connectivity index (χ2v) is 5.78. The minimum absolute atomic E-state index is 0.0110. The maximum atomic E-state index is 12.5. The highest BCUT2D eigenvalue weighted by atomic mass is 16.5. The summed E-state index contributed by atoms with van der Waals surface area (Å²) in [6.07, 6.45) is 1.95. The SMILES string of the molecule is CCOC(=O)CCC1CC(N)CN(C(=O)c2ccccc2)C1. The molecule has 1 aliphatic heterocycles. The summed E-state index contributed by atoms with van der Waals surface area (Å²) >= 11 is 0. The number of nitrogens with two attached hydrogens (primary N) is 1. The Morgan fingerprint density at radius 2 is 2.00 bits per heavy atom. The lowest BCUT2D eigenvalue weighted by atomic mass is 9.90. The van der Waals surface area contributed by atoms with Crippen molar-refractivity contribution < 1.29 is 14.3 Å². The van der Waals surface area contributed by atoms with Crippen molar-refractivity contribution >= 4 is 11.9 Å². The Hall–Kier alpha value is -1.88. The first-order chi connectivity index (χ1) is 10.6. The van der Waals surface area contributed by atoms with Crippen LogP contribution in [0.5, 0.6) is 0 Å². The van der Waals surface area contributed by atoms with Crippen LogP contribution in [0.4, 0.5) is 0 Å². The van der Waals surface area contributed by atoms with Crippen LogP contribution in [0.15, 0.2) is 30.3 Å². The molecule has 120 valence electrons. The van der Waals surface area contributed by atoms with E-state index in [1.807, 2.05) is 30.3 Å². The number of benzene rings is 1. The molecule has 1 saturated heterocycles. The molecule has 5 heteroatoms. The van der Waals surface area contributed by atoms with Crippen LogP contribution < -0.4 is 5.73 Å². The number of ether oxygens (including phenoxy) is 1. The normalized spacial score (nSPS) is 21.5. The number of hydrogen-bond donors (Lipinski definition) is 1. The Balaban J connectivity index is 1.93. The third-order valence-electron chi connectivity index (χ3n) is 3.94. The van der Waals surface area contributed by atoms with Gasteiger partial charge in [-0.1, -0.05) is 18.2 Å². The summed E-state index contributed by atoms with van der Waals surface area (Å²) in [6.45, 7) is 3.43. The van der Waals surface area contributed by atoms with Crippen molar-refractivity contribution in [3.05, 3.63) is 35.9 Å². The maximum absolute atomic E-state index is 12.5. The number of carbonyl (C=O) groups excluding carboxylic acids is 2. The van der Waals surface area contributed by atoms with Crippen LogP contribution >= 0.6 is 0 Å². The van der Waals surface area contributed by atoms with Crippen LogP contribution in [0.25, 0.3) is 0 Å². The highest BCUT2D eigenvalue weighted by molar-refractivity contribution is 5.94. The highest BCUT2D eigenvalue weighted by Crippen LogP contribution is 2.22. The lowest BCUT2D eigenvalue weighted by molar-refractivity contribution is -0.143. The van der Waals surface area contributed by atoms with Gasteiger partial charge in [0.1, 0.15) is 0 Å². The van der Waals surface area contributed by atoms with E-state index in [1.165, 1.54) is 0 Å². The summed E-state index contributed by atoms with van der Waals surface area (Å²) in [5.41, 5.74) is 6.77. The zero-order valence-corrected chi connectivity index (χ0v) is 13.0. The number of amides is 1. The van der Waals surface area contributed by atoms with Gasteiger partial charge < -0.3 is 15.4 Å². The van der Waals surface area contributed by atoms with Crippen LogP contribution in [0.2, 0.25) is 0 Å². The molecule has 1 aliphatic rings. The molecule has 2 rings (SSSR count). The molecule has 0 spiro atoms. The molecule has 1 amide bonds. The van der Waals surface area contributed by atoms with Crippen LogP contribution in [0, 0.1) is 5.92 Å². The van der Waals surface area contributed by atoms with Crippen molar-refractivity contribution in [2.24, 2.45) is 11.7 Å². The van der Waals surface area contributed by atoms with Crippen LogP contribution in [-0.2, 0) is 9.53 Å². The van der Waals surface area contributed by atoms with Crippen molar-refractivity contribution in [2.75, 3.05) is 19.7 Å². The molecule has 2 N–H and O–H groups in total. The molecular formula is C17H24N2O3. The monoisotopic (exact) mass is 304 g/mol. The van der Waals surface area contributed by atoms with Gasteiger partial charge >= 0.3 is 5.97 Å². The molecule has 0 aromatic heterocycles. The molecule has 1 heterocycles. The van der Waals surface area contributed by atoms with E-state index in [-0.39, 0.29) is 23.8 Å². The van der Waals surface area contributed by atoms with Gasteiger partial charge in [-0.15, -0.1) is 0 Å². The van der Waals surface area contributed by atoms with E-state index in [2.05, 4.69) is 0 Å². The largest absolute Gasteiger partial charge is 0.466 e. The Kier molecular flexibility index (Phi) is 5.95. The van der Waals surface area contributed by atoms with Gasteiger partial charge in [-0.3, -0.25) is 9.59 Å². The van der Waals surface area contributed by atoms with Crippen LogP contribution in [0.1, 0.15) is 36.5 Å². The average Bonchev–Trinajstić information content (AvgIpc) is 2.53. The van der Waals surface area contributed by atoms with Crippen LogP contribution in [-0.4, -0.2) is 42.5 Å². The third-order valence-corrected chi connectivity index (χ3v) is 3.94. The van der Waals surface area contributed by atoms with Gasteiger partial charge in [-0.2, -0.15) is 0 Å². The van der Waals surface area contributed by atoms with Gasteiger partial charge in [0.25, 0.3) is 5.91 Å². The van der Waals surface area contributed by atoms with Gasteiger partial charge in [-0.05, 0) is 37.8 Å². The molecule has 1 fully saturated rings. The van der Waals surface area contributed by atoms with E-state index in [9.17, 15) is 9.59 Å². The van der Waals surface area contributed by atoms with E-state index in [0.717, 1.165) is 6.42 Å². The summed E-state index contributed by atoms with van der Waals surface area (Å²) < 4.78 is 4.95. The van der Waals surface area contributed by atoms with Crippen LogP contribution in [0.3, 0.4) is 0 Å². The fourth-order valence-electron chi connectivity index (χ4n) is 2.94. The summed E-state index contributed by atoms with van der Waals surface area (Å²) in [6, 6.07) is 9.20. The lowest BCUT2D eigenvalue weighted by Crippen LogP contribution is -2.49. The molecule has 1 aromatic carbocycles. The average molecular weight is 304 g/mol. The third kappa shape index (κ3) is 4.56. The summed E-state index contributed by atoms with van der Waals surface area (Å²) in [5, 5.41) is 0. The van der Waals surface area contributed by atoms with Gasteiger partial charge in [0.15, 0.2) is 0 Å². The topological polar surface area (TPSA) is 72.6 Å². The first-order valence-corrected chi connectivity index (χ1v) is 7.85. The van der Waals surface area contributed by atoms with Crippen molar-refractivity contribution in [2.45, 2.75) is 32.2 Å². The summed E-state index contributed by atoms with van der Waals surface area (Å²) in [4.78, 5) is 25.8. The molecule has 22 heavy (non-hydrogen) atoms. The zero-order valence-electron chi connectivity index (χ0n) is 13.0. The number of piperidine rings is 1. The number of hydrogen-bond acceptors (Lipinski definition) is 4. The second-order valence-electron chi connectivity index (χ2n) is 5.78. The lowest BCUT2D eigenvalue weighted by Gasteiger charge is -2.36. The van der Waals surface area contributed by atoms with E-state index >= 15 is 0 Å². The molecule has 5 nitrogen and oxygen atoms in total. The summed E-state index contributed by atoms with van der Waals surface area (Å²) in [7, 11) is 0. The number of likely N-dealkylation sites (tertiary alicyclic amines) is 1. The van der Waals surface area contributed by atoms with Gasteiger partial charge in [0.05, 0.1) is 6.61 Å². The Bertz CT molecular complexity index is 504. The Morgan fingerprint density at radius 3 is 2.68 bits per heavy atom. The second kappa shape index (κ2) is 7.94. The summed E-state index contributed by atoms with van der Waals surface area (Å²) in [5.74, 6) is 0.0836. The number of rotatable bonds is 5. The molecule has 0 saturated carbocycles. The minimum atomic E-state index is -0.178. The van der Waals surface area contributed by atoms with Gasteiger partial charge in [-0.25, -0.2) is 0 Å². The molecule has 0 aliphatic carbocycles. The highest BCUT2D eigenvalue weighted by Gasteiger charge is 2.28. The van der Waals surface area contributed by atoms with Crippen molar-refractivity contribution in [1.29, 1.82) is 0 Å². The van der Waals surface area contributed by atoms with Crippen molar-refractivity contribution in [1.82, 2.24) is 4.90 Å². The van der Waals surface area contributed by atoms with E-state index < -0.39 is 0 Å². The molecule has 0 radical (unpaired) electrons. The van der Waals surface area contributed by atoms with Gasteiger partial charge in [0.2, 0.25) is 0 Å². The molecule has 1 aromatic rings. The number of esters is 1. The molecule has 2 atom stereocenters. The Labute approximate surface area is 131 Å². The maximum Gasteiger partial charge on any atom is 0.305 e. The Morgan fingerprint density at radius 1 is 1.27 bits per heavy atom. The molecule has 0 bridgehead atoms. The molecular weight excluding hydrogens is 280 g/mol. The quantitative estimate of drug-likeness (QED) is 0.842. The standard InChI is InChI=1S/C17H24N2O3/c1-2-22-16(20)9-8-13-10-15(18)12-19(11-13)17(21)14-6-4-3-5-7-14/h3-7,13,15H,2,8-12,18H2,1H3. The van der Waals surface area contributed by atoms with Gasteiger partial charge in [0, 0.05) is 31.1 Å². The first-order valence-electron chi connectivity index (χ1n) is 7.85. The fourth-order valence-corrected chi connectivity index (χ4v) is 2.94. The predicted molar refractivity (Wildman–Crippen MR) is 84.3 cm³/mol. The first kappa shape index (κ1) is 16.5. The predicted octanol–water partition coefficient (Wildman–Crippen LogP) is 1.82. The zero-order chi connectivity index (χ0) is 15.9. The van der Waals surface area contributed by atoms with E-state index in [1.54, 1.807) is 11.8 Å².